The van der Waals surface area contributed by atoms with Crippen LogP contribution in [0.25, 0.3) is 0 Å². The van der Waals surface area contributed by atoms with Crippen LogP contribution in [0.4, 0.5) is 0 Å². The van der Waals surface area contributed by atoms with Crippen molar-refractivity contribution in [1.82, 2.24) is 10.0 Å². The quantitative estimate of drug-likeness (QED) is 0.730. The highest BCUT2D eigenvalue weighted by Crippen LogP contribution is 2.42. The Morgan fingerprint density at radius 1 is 1.37 bits per heavy atom. The molecule has 112 valence electrons. The van der Waals surface area contributed by atoms with Gasteiger partial charge in [-0.25, -0.2) is 13.1 Å². The van der Waals surface area contributed by atoms with Crippen molar-refractivity contribution in [2.45, 2.75) is 63.5 Å². The summed E-state index contributed by atoms with van der Waals surface area (Å²) in [5.74, 6) is 0. The van der Waals surface area contributed by atoms with E-state index in [1.807, 2.05) is 13.8 Å². The molecule has 2 rings (SSSR count). The SMILES string of the molecule is COC1CC(NS(=O)(=O)C(C)CNC2CC2)C1(C)C. The van der Waals surface area contributed by atoms with Gasteiger partial charge >= 0.3 is 0 Å². The van der Waals surface area contributed by atoms with Gasteiger partial charge in [0.2, 0.25) is 10.0 Å². The molecule has 0 aromatic carbocycles. The minimum Gasteiger partial charge on any atom is -0.381 e. The number of hydrogen-bond acceptors (Lipinski definition) is 4. The molecule has 3 atom stereocenters. The molecule has 0 aromatic rings. The molecule has 0 heterocycles. The van der Waals surface area contributed by atoms with Crippen LogP contribution in [0.3, 0.4) is 0 Å². The Morgan fingerprint density at radius 2 is 2.00 bits per heavy atom. The molecule has 2 aliphatic carbocycles. The normalized spacial score (nSPS) is 31.8. The van der Waals surface area contributed by atoms with Gasteiger partial charge in [-0.3, -0.25) is 0 Å². The van der Waals surface area contributed by atoms with Gasteiger partial charge in [0, 0.05) is 31.2 Å². The summed E-state index contributed by atoms with van der Waals surface area (Å²) in [5, 5.41) is 2.87. The zero-order chi connectivity index (χ0) is 14.3. The molecule has 5 nitrogen and oxygen atoms in total. The lowest BCUT2D eigenvalue weighted by Gasteiger charge is -2.51. The first kappa shape index (κ1) is 15.2. The van der Waals surface area contributed by atoms with Crippen molar-refractivity contribution in [2.24, 2.45) is 5.41 Å². The van der Waals surface area contributed by atoms with Crippen LogP contribution >= 0.6 is 0 Å². The first-order valence-electron chi connectivity index (χ1n) is 7.04. The molecule has 2 aliphatic rings. The minimum atomic E-state index is -3.26. The van der Waals surface area contributed by atoms with E-state index in [4.69, 9.17) is 4.74 Å². The average Bonchev–Trinajstić information content (AvgIpc) is 3.14. The highest BCUT2D eigenvalue weighted by molar-refractivity contribution is 7.90. The molecule has 0 bridgehead atoms. The highest BCUT2D eigenvalue weighted by atomic mass is 32.2. The van der Waals surface area contributed by atoms with Crippen LogP contribution in [0, 0.1) is 5.41 Å². The Labute approximate surface area is 116 Å². The van der Waals surface area contributed by atoms with E-state index in [-0.39, 0.29) is 17.6 Å². The van der Waals surface area contributed by atoms with Gasteiger partial charge in [0.1, 0.15) is 0 Å². The lowest BCUT2D eigenvalue weighted by atomic mass is 9.65. The second-order valence-corrected chi connectivity index (χ2v) is 8.62. The topological polar surface area (TPSA) is 67.4 Å². The number of nitrogens with one attached hydrogen (secondary N) is 2. The van der Waals surface area contributed by atoms with Gasteiger partial charge in [-0.2, -0.15) is 0 Å². The summed E-state index contributed by atoms with van der Waals surface area (Å²) in [4.78, 5) is 0. The number of sulfonamides is 1. The van der Waals surface area contributed by atoms with Crippen LogP contribution in [-0.4, -0.2) is 45.5 Å². The zero-order valence-corrected chi connectivity index (χ0v) is 13.1. The van der Waals surface area contributed by atoms with E-state index < -0.39 is 15.3 Å². The largest absolute Gasteiger partial charge is 0.381 e. The summed E-state index contributed by atoms with van der Waals surface area (Å²) in [6.07, 6.45) is 3.24. The van der Waals surface area contributed by atoms with Gasteiger partial charge in [-0.05, 0) is 26.2 Å². The second kappa shape index (κ2) is 5.31. The first-order valence-corrected chi connectivity index (χ1v) is 8.59. The van der Waals surface area contributed by atoms with Crippen molar-refractivity contribution in [3.8, 4) is 0 Å². The summed E-state index contributed by atoms with van der Waals surface area (Å²) in [5.41, 5.74) is -0.133. The molecule has 0 amide bonds. The molecule has 0 aromatic heterocycles. The maximum absolute atomic E-state index is 12.3. The van der Waals surface area contributed by atoms with Crippen molar-refractivity contribution in [1.29, 1.82) is 0 Å². The molecule has 2 fully saturated rings. The molecule has 0 spiro atoms. The second-order valence-electron chi connectivity index (χ2n) is 6.49. The minimum absolute atomic E-state index is 0.0224. The van der Waals surface area contributed by atoms with E-state index in [0.717, 1.165) is 6.42 Å². The Bertz CT molecular complexity index is 418. The van der Waals surface area contributed by atoms with Gasteiger partial charge < -0.3 is 10.1 Å². The Balaban J connectivity index is 1.86. The molecule has 0 radical (unpaired) electrons. The van der Waals surface area contributed by atoms with Gasteiger partial charge in [0.05, 0.1) is 11.4 Å². The highest BCUT2D eigenvalue weighted by Gasteiger charge is 2.50. The molecule has 0 saturated heterocycles. The van der Waals surface area contributed by atoms with Crippen molar-refractivity contribution in [2.75, 3.05) is 13.7 Å². The Hall–Kier alpha value is -0.170. The standard InChI is InChI=1S/C13H26N2O3S/c1-9(8-14-10-5-6-10)19(16,17)15-11-7-12(18-4)13(11,2)3/h9-12,14-15H,5-8H2,1-4H3. The van der Waals surface area contributed by atoms with E-state index in [1.54, 1.807) is 14.0 Å². The lowest BCUT2D eigenvalue weighted by molar-refractivity contribution is -0.0909. The predicted octanol–water partition coefficient (Wildman–Crippen LogP) is 0.860. The average molecular weight is 290 g/mol. The summed E-state index contributed by atoms with van der Waals surface area (Å²) in [7, 11) is -1.58. The molecule has 2 saturated carbocycles. The Kier molecular flexibility index (Phi) is 4.26. The van der Waals surface area contributed by atoms with Crippen LogP contribution in [0.2, 0.25) is 0 Å². The van der Waals surface area contributed by atoms with Gasteiger partial charge in [0.25, 0.3) is 0 Å². The van der Waals surface area contributed by atoms with Crippen molar-refractivity contribution < 1.29 is 13.2 Å². The van der Waals surface area contributed by atoms with E-state index >= 15 is 0 Å². The fourth-order valence-electron chi connectivity index (χ4n) is 2.53. The summed E-state index contributed by atoms with van der Waals surface area (Å²) in [6.45, 7) is 6.38. The van der Waals surface area contributed by atoms with Crippen molar-refractivity contribution in [3.05, 3.63) is 0 Å². The van der Waals surface area contributed by atoms with Crippen LogP contribution in [-0.2, 0) is 14.8 Å². The van der Waals surface area contributed by atoms with Gasteiger partial charge in [0.15, 0.2) is 0 Å². The first-order chi connectivity index (χ1) is 8.77. The van der Waals surface area contributed by atoms with E-state index in [1.165, 1.54) is 12.8 Å². The number of methoxy groups -OCH3 is 1. The fraction of sp³-hybridized carbons (Fsp3) is 1.00. The molecule has 3 unspecified atom stereocenters. The Morgan fingerprint density at radius 3 is 2.47 bits per heavy atom. The number of rotatable bonds is 7. The molecule has 0 aliphatic heterocycles. The molecule has 2 N–H and O–H groups in total. The van der Waals surface area contributed by atoms with E-state index in [0.29, 0.717) is 12.6 Å². The molecule has 6 heteroatoms. The monoisotopic (exact) mass is 290 g/mol. The van der Waals surface area contributed by atoms with Crippen molar-refractivity contribution in [3.63, 3.8) is 0 Å². The van der Waals surface area contributed by atoms with Crippen LogP contribution < -0.4 is 10.0 Å². The summed E-state index contributed by atoms with van der Waals surface area (Å²) < 4.78 is 32.7. The molecular weight excluding hydrogens is 264 g/mol. The van der Waals surface area contributed by atoms with Crippen molar-refractivity contribution >= 4 is 10.0 Å². The summed E-state index contributed by atoms with van der Waals surface area (Å²) in [6, 6.07) is 0.515. The number of ether oxygens (including phenoxy) is 1. The van der Waals surface area contributed by atoms with Crippen LogP contribution in [0.1, 0.15) is 40.0 Å². The van der Waals surface area contributed by atoms with Crippen LogP contribution in [0.5, 0.6) is 0 Å². The molecular formula is C13H26N2O3S. The smallest absolute Gasteiger partial charge is 0.215 e. The van der Waals surface area contributed by atoms with Crippen LogP contribution in [0.15, 0.2) is 0 Å². The third-order valence-corrected chi connectivity index (χ3v) is 6.41. The predicted molar refractivity (Wildman–Crippen MR) is 75.5 cm³/mol. The van der Waals surface area contributed by atoms with Gasteiger partial charge in [-0.15, -0.1) is 0 Å². The third-order valence-electron chi connectivity index (χ3n) is 4.57. The van der Waals surface area contributed by atoms with E-state index in [9.17, 15) is 8.42 Å². The lowest BCUT2D eigenvalue weighted by Crippen LogP contribution is -2.62. The maximum Gasteiger partial charge on any atom is 0.215 e. The maximum atomic E-state index is 12.3. The number of hydrogen-bond donors (Lipinski definition) is 2. The van der Waals surface area contributed by atoms with E-state index in [2.05, 4.69) is 10.0 Å². The van der Waals surface area contributed by atoms with Gasteiger partial charge in [-0.1, -0.05) is 13.8 Å². The fourth-order valence-corrected chi connectivity index (χ4v) is 3.87. The molecule has 19 heavy (non-hydrogen) atoms. The zero-order valence-electron chi connectivity index (χ0n) is 12.3. The summed E-state index contributed by atoms with van der Waals surface area (Å²) >= 11 is 0. The third kappa shape index (κ3) is 3.29.